The van der Waals surface area contributed by atoms with Crippen LogP contribution in [0.3, 0.4) is 0 Å². The van der Waals surface area contributed by atoms with Crippen LogP contribution in [0.1, 0.15) is 20.8 Å². The van der Waals surface area contributed by atoms with E-state index in [1.54, 1.807) is 20.8 Å². The van der Waals surface area contributed by atoms with Crippen molar-refractivity contribution in [2.75, 3.05) is 18.9 Å². The van der Waals surface area contributed by atoms with Crippen molar-refractivity contribution in [3.63, 3.8) is 0 Å². The lowest BCUT2D eigenvalue weighted by Gasteiger charge is -2.25. The summed E-state index contributed by atoms with van der Waals surface area (Å²) in [6, 6.07) is 2.73. The summed E-state index contributed by atoms with van der Waals surface area (Å²) in [6.07, 6.45) is 0. The quantitative estimate of drug-likeness (QED) is 0.632. The summed E-state index contributed by atoms with van der Waals surface area (Å²) in [5.41, 5.74) is 5.19. The van der Waals surface area contributed by atoms with Crippen molar-refractivity contribution in [2.45, 2.75) is 31.7 Å². The molecule has 0 unspecified atom stereocenters. The number of carbonyl (C=O) groups is 1. The minimum absolute atomic E-state index is 0.143. The van der Waals surface area contributed by atoms with Crippen LogP contribution in [0.2, 0.25) is 0 Å². The molecule has 8 heteroatoms. The smallest absolute Gasteiger partial charge is 0.321 e. The van der Waals surface area contributed by atoms with E-state index in [2.05, 4.69) is 0 Å². The lowest BCUT2D eigenvalue weighted by Crippen LogP contribution is -2.41. The lowest BCUT2D eigenvalue weighted by atomic mass is 10.3. The maximum Gasteiger partial charge on any atom is 0.321 e. The van der Waals surface area contributed by atoms with Gasteiger partial charge >= 0.3 is 5.97 Å². The number of nitrogens with two attached hydrogens (primary N) is 1. The molecule has 6 nitrogen and oxygen atoms in total. The summed E-state index contributed by atoms with van der Waals surface area (Å²) < 4.78 is 44.1. The molecule has 1 rings (SSSR count). The van der Waals surface area contributed by atoms with Crippen LogP contribution >= 0.6 is 0 Å². The van der Waals surface area contributed by atoms with Gasteiger partial charge in [-0.2, -0.15) is 4.31 Å². The third kappa shape index (κ3) is 4.15. The molecule has 0 saturated heterocycles. The van der Waals surface area contributed by atoms with Crippen molar-refractivity contribution in [2.24, 2.45) is 0 Å². The summed E-state index contributed by atoms with van der Waals surface area (Å²) in [7, 11) is -4.02. The highest BCUT2D eigenvalue weighted by molar-refractivity contribution is 7.89. The van der Waals surface area contributed by atoms with E-state index in [0.29, 0.717) is 0 Å². The van der Waals surface area contributed by atoms with Gasteiger partial charge in [0, 0.05) is 6.04 Å². The van der Waals surface area contributed by atoms with E-state index in [9.17, 15) is 17.6 Å². The molecule has 0 bridgehead atoms. The van der Waals surface area contributed by atoms with Gasteiger partial charge in [-0.1, -0.05) is 0 Å². The Morgan fingerprint density at radius 3 is 2.52 bits per heavy atom. The summed E-state index contributed by atoms with van der Waals surface area (Å²) in [5, 5.41) is 0. The zero-order valence-electron chi connectivity index (χ0n) is 12.2. The van der Waals surface area contributed by atoms with Crippen molar-refractivity contribution in [1.82, 2.24) is 4.31 Å². The summed E-state index contributed by atoms with van der Waals surface area (Å²) >= 11 is 0. The van der Waals surface area contributed by atoms with E-state index in [0.717, 1.165) is 10.4 Å². The van der Waals surface area contributed by atoms with Crippen molar-refractivity contribution in [3.05, 3.63) is 24.0 Å². The second-order valence-electron chi connectivity index (χ2n) is 4.63. The Morgan fingerprint density at radius 2 is 2.05 bits per heavy atom. The molecule has 21 heavy (non-hydrogen) atoms. The Labute approximate surface area is 123 Å². The number of halogens is 1. The second-order valence-corrected chi connectivity index (χ2v) is 6.52. The van der Waals surface area contributed by atoms with Gasteiger partial charge in [0.1, 0.15) is 12.4 Å². The highest BCUT2D eigenvalue weighted by Gasteiger charge is 2.30. The Hall–Kier alpha value is -1.67. The molecule has 0 fully saturated rings. The van der Waals surface area contributed by atoms with Gasteiger partial charge in [-0.3, -0.25) is 4.79 Å². The largest absolute Gasteiger partial charge is 0.465 e. The molecule has 0 aliphatic rings. The molecule has 0 atom stereocenters. The topological polar surface area (TPSA) is 89.7 Å². The molecular formula is C13H19FN2O4S. The number of rotatable bonds is 6. The SMILES string of the molecule is CCOC(=O)CN(C(C)C)S(=O)(=O)c1ccc(N)c(F)c1. The molecule has 0 heterocycles. The number of sulfonamides is 1. The van der Waals surface area contributed by atoms with Gasteiger partial charge in [0.05, 0.1) is 17.2 Å². The number of hydrogen-bond donors (Lipinski definition) is 1. The number of benzene rings is 1. The third-order valence-corrected chi connectivity index (χ3v) is 4.76. The first kappa shape index (κ1) is 17.4. The number of hydrogen-bond acceptors (Lipinski definition) is 5. The monoisotopic (exact) mass is 318 g/mol. The molecule has 0 amide bonds. The van der Waals surface area contributed by atoms with Crippen LogP contribution in [-0.4, -0.2) is 37.9 Å². The maximum absolute atomic E-state index is 13.5. The first-order chi connectivity index (χ1) is 9.70. The van der Waals surface area contributed by atoms with E-state index in [-0.39, 0.29) is 17.2 Å². The number of esters is 1. The normalized spacial score (nSPS) is 11.9. The van der Waals surface area contributed by atoms with Crippen LogP contribution in [-0.2, 0) is 19.6 Å². The molecule has 0 aliphatic heterocycles. The Bertz CT molecular complexity index is 617. The highest BCUT2D eigenvalue weighted by atomic mass is 32.2. The fraction of sp³-hybridized carbons (Fsp3) is 0.462. The van der Waals surface area contributed by atoms with Gasteiger partial charge in [-0.15, -0.1) is 0 Å². The van der Waals surface area contributed by atoms with Gasteiger partial charge in [0.25, 0.3) is 0 Å². The fourth-order valence-corrected chi connectivity index (χ4v) is 3.28. The fourth-order valence-electron chi connectivity index (χ4n) is 1.68. The average Bonchev–Trinajstić information content (AvgIpc) is 2.38. The molecule has 0 saturated carbocycles. The predicted molar refractivity (Wildman–Crippen MR) is 76.5 cm³/mol. The number of anilines is 1. The summed E-state index contributed by atoms with van der Waals surface area (Å²) in [6.45, 7) is 4.58. The molecule has 2 N–H and O–H groups in total. The molecule has 0 aromatic heterocycles. The zero-order valence-corrected chi connectivity index (χ0v) is 13.0. The van der Waals surface area contributed by atoms with Crippen molar-refractivity contribution in [3.8, 4) is 0 Å². The Kier molecular flexibility index (Phi) is 5.68. The average molecular weight is 318 g/mol. The van der Waals surface area contributed by atoms with Crippen LogP contribution in [0, 0.1) is 5.82 Å². The van der Waals surface area contributed by atoms with Crippen molar-refractivity contribution < 1.29 is 22.3 Å². The van der Waals surface area contributed by atoms with E-state index in [1.807, 2.05) is 0 Å². The molecule has 0 radical (unpaired) electrons. The summed E-state index contributed by atoms with van der Waals surface area (Å²) in [4.78, 5) is 11.3. The molecule has 118 valence electrons. The van der Waals surface area contributed by atoms with Crippen LogP contribution < -0.4 is 5.73 Å². The highest BCUT2D eigenvalue weighted by Crippen LogP contribution is 2.21. The summed E-state index contributed by atoms with van der Waals surface area (Å²) in [5.74, 6) is -1.48. The van der Waals surface area contributed by atoms with E-state index >= 15 is 0 Å². The standard InChI is InChI=1S/C13H19FN2O4S/c1-4-20-13(17)8-16(9(2)3)21(18,19)10-5-6-12(15)11(14)7-10/h5-7,9H,4,8,15H2,1-3H3. The van der Waals surface area contributed by atoms with Crippen molar-refractivity contribution in [1.29, 1.82) is 0 Å². The lowest BCUT2D eigenvalue weighted by molar-refractivity contribution is -0.143. The first-order valence-electron chi connectivity index (χ1n) is 6.42. The molecular weight excluding hydrogens is 299 g/mol. The molecule has 1 aromatic carbocycles. The van der Waals surface area contributed by atoms with Crippen molar-refractivity contribution >= 4 is 21.7 Å². The zero-order chi connectivity index (χ0) is 16.2. The Morgan fingerprint density at radius 1 is 1.43 bits per heavy atom. The minimum atomic E-state index is -4.02. The van der Waals surface area contributed by atoms with E-state index < -0.39 is 34.4 Å². The van der Waals surface area contributed by atoms with Crippen LogP contribution in [0.25, 0.3) is 0 Å². The van der Waals surface area contributed by atoms with Gasteiger partial charge in [0.15, 0.2) is 0 Å². The number of carbonyl (C=O) groups excluding carboxylic acids is 1. The molecule has 0 spiro atoms. The minimum Gasteiger partial charge on any atom is -0.465 e. The van der Waals surface area contributed by atoms with E-state index in [4.69, 9.17) is 10.5 Å². The Balaban J connectivity index is 3.15. The predicted octanol–water partition coefficient (Wildman–Crippen LogP) is 1.37. The molecule has 1 aromatic rings. The number of ether oxygens (including phenoxy) is 1. The van der Waals surface area contributed by atoms with Crippen LogP contribution in [0.4, 0.5) is 10.1 Å². The third-order valence-electron chi connectivity index (χ3n) is 2.74. The number of nitrogens with zero attached hydrogens (tertiary/aromatic N) is 1. The number of nitrogen functional groups attached to an aromatic ring is 1. The van der Waals surface area contributed by atoms with Crippen LogP contribution in [0.5, 0.6) is 0 Å². The van der Waals surface area contributed by atoms with Gasteiger partial charge in [-0.25, -0.2) is 12.8 Å². The van der Waals surface area contributed by atoms with Crippen LogP contribution in [0.15, 0.2) is 23.1 Å². The van der Waals surface area contributed by atoms with Gasteiger partial charge in [0.2, 0.25) is 10.0 Å². The van der Waals surface area contributed by atoms with Gasteiger partial charge in [-0.05, 0) is 39.0 Å². The van der Waals surface area contributed by atoms with Gasteiger partial charge < -0.3 is 10.5 Å². The first-order valence-corrected chi connectivity index (χ1v) is 7.86. The van der Waals surface area contributed by atoms with E-state index in [1.165, 1.54) is 12.1 Å². The maximum atomic E-state index is 13.5. The second kappa shape index (κ2) is 6.86. The molecule has 0 aliphatic carbocycles.